The standard InChI is InChI=1S/C11H14N4S/c1-2-9(1)13-5-11-12-3-4-15(11)6-10-7-16-8-14-10/h3-4,7-9,13H,1-2,5-6H2. The Bertz CT molecular complexity index is 444. The molecular formula is C11H14N4S. The van der Waals surface area contributed by atoms with Gasteiger partial charge >= 0.3 is 0 Å². The number of hydrogen-bond acceptors (Lipinski definition) is 4. The highest BCUT2D eigenvalue weighted by Gasteiger charge is 2.20. The first-order valence-electron chi connectivity index (χ1n) is 5.52. The van der Waals surface area contributed by atoms with Crippen LogP contribution in [-0.2, 0) is 13.1 Å². The predicted molar refractivity (Wildman–Crippen MR) is 63.3 cm³/mol. The van der Waals surface area contributed by atoms with Gasteiger partial charge in [0.05, 0.1) is 24.3 Å². The molecule has 0 aliphatic heterocycles. The van der Waals surface area contributed by atoms with E-state index in [-0.39, 0.29) is 0 Å². The van der Waals surface area contributed by atoms with Gasteiger partial charge in [-0.25, -0.2) is 9.97 Å². The largest absolute Gasteiger partial charge is 0.328 e. The van der Waals surface area contributed by atoms with Crippen LogP contribution < -0.4 is 5.32 Å². The highest BCUT2D eigenvalue weighted by atomic mass is 32.1. The molecule has 0 radical (unpaired) electrons. The van der Waals surface area contributed by atoms with Crippen LogP contribution in [-0.4, -0.2) is 20.6 Å². The van der Waals surface area contributed by atoms with E-state index in [0.29, 0.717) is 0 Å². The Morgan fingerprint density at radius 3 is 3.12 bits per heavy atom. The maximum Gasteiger partial charge on any atom is 0.123 e. The molecule has 1 aliphatic rings. The minimum Gasteiger partial charge on any atom is -0.328 e. The van der Waals surface area contributed by atoms with E-state index in [2.05, 4.69) is 25.2 Å². The molecule has 0 saturated heterocycles. The first-order valence-corrected chi connectivity index (χ1v) is 6.46. The van der Waals surface area contributed by atoms with Crippen molar-refractivity contribution in [2.45, 2.75) is 32.0 Å². The van der Waals surface area contributed by atoms with E-state index in [1.54, 1.807) is 11.3 Å². The molecule has 1 N–H and O–H groups in total. The van der Waals surface area contributed by atoms with Crippen molar-refractivity contribution >= 4 is 11.3 Å². The van der Waals surface area contributed by atoms with Gasteiger partial charge in [0, 0.05) is 23.8 Å². The summed E-state index contributed by atoms with van der Waals surface area (Å²) in [5.41, 5.74) is 2.98. The van der Waals surface area contributed by atoms with E-state index in [1.807, 2.05) is 17.9 Å². The summed E-state index contributed by atoms with van der Waals surface area (Å²) < 4.78 is 2.16. The molecule has 0 spiro atoms. The van der Waals surface area contributed by atoms with Crippen LogP contribution in [0.2, 0.25) is 0 Å². The van der Waals surface area contributed by atoms with E-state index >= 15 is 0 Å². The molecule has 2 aromatic rings. The van der Waals surface area contributed by atoms with Gasteiger partial charge < -0.3 is 9.88 Å². The second kappa shape index (κ2) is 4.35. The molecule has 4 nitrogen and oxygen atoms in total. The zero-order valence-corrected chi connectivity index (χ0v) is 9.78. The van der Waals surface area contributed by atoms with Crippen molar-refractivity contribution in [1.82, 2.24) is 19.9 Å². The van der Waals surface area contributed by atoms with Gasteiger partial charge in [0.25, 0.3) is 0 Å². The lowest BCUT2D eigenvalue weighted by Crippen LogP contribution is -2.19. The molecule has 0 bridgehead atoms. The lowest BCUT2D eigenvalue weighted by atomic mass is 10.4. The molecule has 5 heteroatoms. The average molecular weight is 234 g/mol. The summed E-state index contributed by atoms with van der Waals surface area (Å²) in [4.78, 5) is 8.66. The van der Waals surface area contributed by atoms with E-state index in [9.17, 15) is 0 Å². The van der Waals surface area contributed by atoms with Crippen LogP contribution in [0.4, 0.5) is 0 Å². The number of aromatic nitrogens is 3. The maximum absolute atomic E-state index is 4.37. The third-order valence-corrected chi connectivity index (χ3v) is 3.38. The Balaban J connectivity index is 1.66. The summed E-state index contributed by atoms with van der Waals surface area (Å²) in [6.07, 6.45) is 6.50. The van der Waals surface area contributed by atoms with Crippen LogP contribution in [0.3, 0.4) is 0 Å². The average Bonchev–Trinajstić information content (AvgIpc) is 2.79. The van der Waals surface area contributed by atoms with E-state index in [0.717, 1.165) is 30.6 Å². The quantitative estimate of drug-likeness (QED) is 0.855. The third kappa shape index (κ3) is 2.31. The van der Waals surface area contributed by atoms with E-state index in [1.165, 1.54) is 12.8 Å². The van der Waals surface area contributed by atoms with Gasteiger partial charge in [-0.3, -0.25) is 0 Å². The smallest absolute Gasteiger partial charge is 0.123 e. The van der Waals surface area contributed by atoms with Crippen LogP contribution in [0.5, 0.6) is 0 Å². The van der Waals surface area contributed by atoms with Gasteiger partial charge in [-0.05, 0) is 12.8 Å². The number of nitrogens with one attached hydrogen (secondary N) is 1. The molecule has 0 aromatic carbocycles. The fraction of sp³-hybridized carbons (Fsp3) is 0.455. The Hall–Kier alpha value is -1.20. The molecular weight excluding hydrogens is 220 g/mol. The zero-order valence-electron chi connectivity index (χ0n) is 8.97. The second-order valence-corrected chi connectivity index (χ2v) is 4.83. The first kappa shape index (κ1) is 9.99. The number of hydrogen-bond donors (Lipinski definition) is 1. The van der Waals surface area contributed by atoms with Crippen LogP contribution in [0.15, 0.2) is 23.3 Å². The number of nitrogens with zero attached hydrogens (tertiary/aromatic N) is 3. The van der Waals surface area contributed by atoms with Crippen LogP contribution in [0.1, 0.15) is 24.4 Å². The summed E-state index contributed by atoms with van der Waals surface area (Å²) in [5, 5.41) is 5.56. The molecule has 1 fully saturated rings. The van der Waals surface area contributed by atoms with Crippen LogP contribution in [0, 0.1) is 0 Å². The topological polar surface area (TPSA) is 42.7 Å². The van der Waals surface area contributed by atoms with Crippen molar-refractivity contribution in [3.8, 4) is 0 Å². The third-order valence-electron chi connectivity index (χ3n) is 2.74. The molecule has 0 atom stereocenters. The monoisotopic (exact) mass is 234 g/mol. The van der Waals surface area contributed by atoms with Gasteiger partial charge in [0.2, 0.25) is 0 Å². The van der Waals surface area contributed by atoms with Gasteiger partial charge in [0.1, 0.15) is 5.82 Å². The van der Waals surface area contributed by atoms with Crippen LogP contribution >= 0.6 is 11.3 Å². The summed E-state index contributed by atoms with van der Waals surface area (Å²) >= 11 is 1.64. The number of rotatable bonds is 5. The summed E-state index contributed by atoms with van der Waals surface area (Å²) in [6.45, 7) is 1.69. The van der Waals surface area contributed by atoms with Crippen molar-refractivity contribution in [3.05, 3.63) is 34.8 Å². The van der Waals surface area contributed by atoms with Crippen molar-refractivity contribution in [2.75, 3.05) is 0 Å². The van der Waals surface area contributed by atoms with Crippen LogP contribution in [0.25, 0.3) is 0 Å². The number of imidazole rings is 1. The SMILES string of the molecule is c1cn(Cc2cscn2)c(CNC2CC2)n1. The van der Waals surface area contributed by atoms with Crippen molar-refractivity contribution in [1.29, 1.82) is 0 Å². The molecule has 2 aromatic heterocycles. The Kier molecular flexibility index (Phi) is 2.71. The van der Waals surface area contributed by atoms with Gasteiger partial charge in [0.15, 0.2) is 0 Å². The highest BCUT2D eigenvalue weighted by molar-refractivity contribution is 7.07. The summed E-state index contributed by atoms with van der Waals surface area (Å²) in [5.74, 6) is 1.10. The molecule has 1 saturated carbocycles. The predicted octanol–water partition coefficient (Wildman–Crippen LogP) is 1.64. The minimum absolute atomic E-state index is 0.726. The van der Waals surface area contributed by atoms with Gasteiger partial charge in [-0.1, -0.05) is 0 Å². The summed E-state index contributed by atoms with van der Waals surface area (Å²) in [7, 11) is 0. The van der Waals surface area contributed by atoms with Gasteiger partial charge in [-0.15, -0.1) is 11.3 Å². The lowest BCUT2D eigenvalue weighted by Gasteiger charge is -2.06. The molecule has 16 heavy (non-hydrogen) atoms. The molecule has 2 heterocycles. The molecule has 3 rings (SSSR count). The normalized spacial score (nSPS) is 15.5. The Morgan fingerprint density at radius 1 is 1.44 bits per heavy atom. The fourth-order valence-electron chi connectivity index (χ4n) is 1.66. The van der Waals surface area contributed by atoms with E-state index < -0.39 is 0 Å². The highest BCUT2D eigenvalue weighted by Crippen LogP contribution is 2.19. The summed E-state index contributed by atoms with van der Waals surface area (Å²) in [6, 6.07) is 0.726. The lowest BCUT2D eigenvalue weighted by molar-refractivity contribution is 0.616. The van der Waals surface area contributed by atoms with Crippen molar-refractivity contribution < 1.29 is 0 Å². The van der Waals surface area contributed by atoms with Crippen molar-refractivity contribution in [3.63, 3.8) is 0 Å². The first-order chi connectivity index (χ1) is 7.92. The zero-order chi connectivity index (χ0) is 10.8. The Morgan fingerprint density at radius 2 is 2.38 bits per heavy atom. The Labute approximate surface area is 98.4 Å². The minimum atomic E-state index is 0.726. The number of thiazole rings is 1. The fourth-order valence-corrected chi connectivity index (χ4v) is 2.21. The van der Waals surface area contributed by atoms with Gasteiger partial charge in [-0.2, -0.15) is 0 Å². The molecule has 0 amide bonds. The maximum atomic E-state index is 4.37. The van der Waals surface area contributed by atoms with Crippen molar-refractivity contribution in [2.24, 2.45) is 0 Å². The molecule has 1 aliphatic carbocycles. The van der Waals surface area contributed by atoms with E-state index in [4.69, 9.17) is 0 Å². The second-order valence-electron chi connectivity index (χ2n) is 4.11. The molecule has 0 unspecified atom stereocenters. The molecule has 84 valence electrons.